The molecule has 0 aromatic heterocycles. The van der Waals surface area contributed by atoms with Crippen LogP contribution in [0.1, 0.15) is 22.0 Å². The standard InChI is InChI=1S/C24H21N3O7/c1-33-20-12-6-10-18(14-20)26-24(30)22(16-7-3-2-4-8-16)34-21(28)15-25-23(29)17-9-5-11-19(13-17)27(31)32/h2-14,22H,15H2,1H3,(H,25,29)(H,26,30). The van der Waals surface area contributed by atoms with Crippen LogP contribution in [0.15, 0.2) is 78.9 Å². The van der Waals surface area contributed by atoms with Gasteiger partial charge in [-0.1, -0.05) is 42.5 Å². The number of methoxy groups -OCH3 is 1. The number of nitrogens with zero attached hydrogens (tertiary/aromatic N) is 1. The Morgan fingerprint density at radius 1 is 0.971 bits per heavy atom. The molecule has 2 N–H and O–H groups in total. The lowest BCUT2D eigenvalue weighted by Gasteiger charge is -2.18. The van der Waals surface area contributed by atoms with Gasteiger partial charge in [-0.25, -0.2) is 0 Å². The van der Waals surface area contributed by atoms with Gasteiger partial charge < -0.3 is 20.1 Å². The van der Waals surface area contributed by atoms with E-state index in [4.69, 9.17) is 9.47 Å². The zero-order valence-corrected chi connectivity index (χ0v) is 18.1. The summed E-state index contributed by atoms with van der Waals surface area (Å²) in [6.07, 6.45) is -1.28. The fraction of sp³-hybridized carbons (Fsp3) is 0.125. The first-order chi connectivity index (χ1) is 16.4. The van der Waals surface area contributed by atoms with Crippen molar-refractivity contribution in [3.8, 4) is 5.75 Å². The van der Waals surface area contributed by atoms with Crippen molar-refractivity contribution in [1.82, 2.24) is 5.32 Å². The van der Waals surface area contributed by atoms with Crippen LogP contribution in [0.2, 0.25) is 0 Å². The van der Waals surface area contributed by atoms with E-state index in [9.17, 15) is 24.5 Å². The summed E-state index contributed by atoms with van der Waals surface area (Å²) in [5, 5.41) is 15.9. The van der Waals surface area contributed by atoms with Gasteiger partial charge in [0.2, 0.25) is 6.10 Å². The maximum Gasteiger partial charge on any atom is 0.326 e. The van der Waals surface area contributed by atoms with E-state index in [2.05, 4.69) is 10.6 Å². The van der Waals surface area contributed by atoms with Crippen LogP contribution in [0.5, 0.6) is 5.75 Å². The summed E-state index contributed by atoms with van der Waals surface area (Å²) in [4.78, 5) is 47.9. The second-order valence-electron chi connectivity index (χ2n) is 6.99. The Hall–Kier alpha value is -4.73. The number of esters is 1. The van der Waals surface area contributed by atoms with Gasteiger partial charge in [-0.3, -0.25) is 24.5 Å². The number of ether oxygens (including phenoxy) is 2. The van der Waals surface area contributed by atoms with E-state index in [1.165, 1.54) is 25.3 Å². The highest BCUT2D eigenvalue weighted by molar-refractivity contribution is 5.98. The van der Waals surface area contributed by atoms with E-state index in [1.54, 1.807) is 54.6 Å². The molecule has 1 atom stereocenters. The van der Waals surface area contributed by atoms with Gasteiger partial charge in [-0.05, 0) is 18.2 Å². The number of hydrogen-bond donors (Lipinski definition) is 2. The highest BCUT2D eigenvalue weighted by Gasteiger charge is 2.25. The third kappa shape index (κ3) is 6.39. The molecule has 10 heteroatoms. The number of non-ortho nitro benzene ring substituents is 1. The molecule has 0 bridgehead atoms. The van der Waals surface area contributed by atoms with Crippen molar-refractivity contribution in [3.05, 3.63) is 100 Å². The van der Waals surface area contributed by atoms with Crippen molar-refractivity contribution in [2.24, 2.45) is 0 Å². The van der Waals surface area contributed by atoms with Gasteiger partial charge in [0, 0.05) is 35.0 Å². The first kappa shape index (κ1) is 23.9. The minimum absolute atomic E-state index is 0.0115. The van der Waals surface area contributed by atoms with Crippen molar-refractivity contribution in [1.29, 1.82) is 0 Å². The first-order valence-electron chi connectivity index (χ1n) is 10.1. The van der Waals surface area contributed by atoms with E-state index < -0.39 is 35.4 Å². The minimum Gasteiger partial charge on any atom is -0.497 e. The summed E-state index contributed by atoms with van der Waals surface area (Å²) in [6.45, 7) is -0.544. The molecule has 0 fully saturated rings. The number of amides is 2. The summed E-state index contributed by atoms with van der Waals surface area (Å²) in [6, 6.07) is 20.2. The van der Waals surface area contributed by atoms with Gasteiger partial charge in [0.1, 0.15) is 12.3 Å². The number of hydrogen-bond acceptors (Lipinski definition) is 7. The Labute approximate surface area is 194 Å². The van der Waals surface area contributed by atoms with Crippen LogP contribution in [0, 0.1) is 10.1 Å². The Kier molecular flexibility index (Phi) is 7.90. The number of nitrogens with one attached hydrogen (secondary N) is 2. The van der Waals surface area contributed by atoms with Crippen LogP contribution in [0.25, 0.3) is 0 Å². The smallest absolute Gasteiger partial charge is 0.326 e. The Bertz CT molecular complexity index is 1200. The highest BCUT2D eigenvalue weighted by Crippen LogP contribution is 2.22. The molecule has 0 aliphatic carbocycles. The largest absolute Gasteiger partial charge is 0.497 e. The highest BCUT2D eigenvalue weighted by atomic mass is 16.6. The second-order valence-corrected chi connectivity index (χ2v) is 6.99. The first-order valence-corrected chi connectivity index (χ1v) is 10.1. The maximum atomic E-state index is 12.9. The van der Waals surface area contributed by atoms with Crippen molar-refractivity contribution in [2.45, 2.75) is 6.10 Å². The van der Waals surface area contributed by atoms with Gasteiger partial charge in [-0.2, -0.15) is 0 Å². The summed E-state index contributed by atoms with van der Waals surface area (Å²) in [5.74, 6) is -1.63. The summed E-state index contributed by atoms with van der Waals surface area (Å²) in [7, 11) is 1.50. The van der Waals surface area contributed by atoms with Crippen LogP contribution >= 0.6 is 0 Å². The van der Waals surface area contributed by atoms with E-state index in [-0.39, 0.29) is 11.3 Å². The number of benzene rings is 3. The number of nitro benzene ring substituents is 1. The summed E-state index contributed by atoms with van der Waals surface area (Å²) < 4.78 is 10.5. The molecule has 3 rings (SSSR count). The minimum atomic E-state index is -1.28. The number of carbonyl (C=O) groups is 3. The lowest BCUT2D eigenvalue weighted by Crippen LogP contribution is -2.33. The van der Waals surface area contributed by atoms with Crippen LogP contribution in [-0.4, -0.2) is 36.4 Å². The SMILES string of the molecule is COc1cccc(NC(=O)C(OC(=O)CNC(=O)c2cccc([N+](=O)[O-])c2)c2ccccc2)c1. The number of rotatable bonds is 9. The third-order valence-corrected chi connectivity index (χ3v) is 4.64. The maximum absolute atomic E-state index is 12.9. The average molecular weight is 463 g/mol. The van der Waals surface area contributed by atoms with Crippen molar-refractivity contribution < 1.29 is 28.8 Å². The molecule has 0 saturated heterocycles. The monoisotopic (exact) mass is 463 g/mol. The summed E-state index contributed by atoms with van der Waals surface area (Å²) >= 11 is 0. The van der Waals surface area contributed by atoms with Gasteiger partial charge in [-0.15, -0.1) is 0 Å². The predicted molar refractivity (Wildman–Crippen MR) is 122 cm³/mol. The molecule has 2 amide bonds. The molecule has 174 valence electrons. The molecule has 3 aromatic carbocycles. The number of carbonyl (C=O) groups excluding carboxylic acids is 3. The molecule has 3 aromatic rings. The Morgan fingerprint density at radius 3 is 2.41 bits per heavy atom. The molecule has 10 nitrogen and oxygen atoms in total. The Morgan fingerprint density at radius 2 is 1.71 bits per heavy atom. The molecule has 0 spiro atoms. The van der Waals surface area contributed by atoms with E-state index in [0.717, 1.165) is 6.07 Å². The topological polar surface area (TPSA) is 137 Å². The average Bonchev–Trinajstić information content (AvgIpc) is 2.86. The quantitative estimate of drug-likeness (QED) is 0.282. The van der Waals surface area contributed by atoms with Gasteiger partial charge in [0.15, 0.2) is 0 Å². The number of anilines is 1. The zero-order valence-electron chi connectivity index (χ0n) is 18.1. The van der Waals surface area contributed by atoms with Crippen LogP contribution < -0.4 is 15.4 Å². The molecule has 0 radical (unpaired) electrons. The molecule has 1 unspecified atom stereocenters. The lowest BCUT2D eigenvalue weighted by molar-refractivity contribution is -0.384. The lowest BCUT2D eigenvalue weighted by atomic mass is 10.1. The fourth-order valence-electron chi connectivity index (χ4n) is 3.00. The molecule has 0 aliphatic heterocycles. The molecule has 0 saturated carbocycles. The van der Waals surface area contributed by atoms with E-state index >= 15 is 0 Å². The van der Waals surface area contributed by atoms with Gasteiger partial charge >= 0.3 is 5.97 Å². The molecule has 0 aliphatic rings. The number of nitro groups is 1. The third-order valence-electron chi connectivity index (χ3n) is 4.64. The van der Waals surface area contributed by atoms with Crippen molar-refractivity contribution in [3.63, 3.8) is 0 Å². The fourth-order valence-corrected chi connectivity index (χ4v) is 3.00. The van der Waals surface area contributed by atoms with Crippen LogP contribution in [-0.2, 0) is 14.3 Å². The Balaban J connectivity index is 1.68. The zero-order chi connectivity index (χ0) is 24.5. The van der Waals surface area contributed by atoms with E-state index in [0.29, 0.717) is 17.0 Å². The van der Waals surface area contributed by atoms with Crippen LogP contribution in [0.3, 0.4) is 0 Å². The molecular formula is C24H21N3O7. The molecular weight excluding hydrogens is 442 g/mol. The van der Waals surface area contributed by atoms with Crippen molar-refractivity contribution >= 4 is 29.2 Å². The molecule has 34 heavy (non-hydrogen) atoms. The normalized spacial score (nSPS) is 11.1. The second kappa shape index (κ2) is 11.2. The van der Waals surface area contributed by atoms with Gasteiger partial charge in [0.05, 0.1) is 12.0 Å². The van der Waals surface area contributed by atoms with Crippen molar-refractivity contribution in [2.75, 3.05) is 19.0 Å². The summed E-state index contributed by atoms with van der Waals surface area (Å²) in [5.41, 5.74) is 0.632. The van der Waals surface area contributed by atoms with Gasteiger partial charge in [0.25, 0.3) is 17.5 Å². The molecule has 0 heterocycles. The van der Waals surface area contributed by atoms with Crippen LogP contribution in [0.4, 0.5) is 11.4 Å². The predicted octanol–water partition coefficient (Wildman–Crippen LogP) is 3.26. The van der Waals surface area contributed by atoms with E-state index in [1.807, 2.05) is 0 Å².